The van der Waals surface area contributed by atoms with Crippen LogP contribution < -0.4 is 0 Å². The van der Waals surface area contributed by atoms with Crippen molar-refractivity contribution >= 4 is 10.2 Å². The van der Waals surface area contributed by atoms with Gasteiger partial charge in [-0.1, -0.05) is 12.2 Å². The van der Waals surface area contributed by atoms with Gasteiger partial charge in [-0.15, -0.1) is 3.89 Å². The average Bonchev–Trinajstić information content (AvgIpc) is 2.05. The third-order valence-corrected chi connectivity index (χ3v) is 4.14. The Hall–Kier alpha value is -0.380. The van der Waals surface area contributed by atoms with Crippen LogP contribution in [0.5, 0.6) is 0 Å². The SMILES string of the molecule is O=S(=O)(F)[C@H]1C[C@H]2C=C[C@H]1CC2. The third-order valence-electron chi connectivity index (χ3n) is 2.88. The van der Waals surface area contributed by atoms with Gasteiger partial charge in [0, 0.05) is 0 Å². The molecule has 0 aliphatic heterocycles. The lowest BCUT2D eigenvalue weighted by atomic mass is 9.76. The molecule has 4 heteroatoms. The van der Waals surface area contributed by atoms with Gasteiger partial charge in [0.25, 0.3) is 0 Å². The molecule has 68 valence electrons. The first-order valence-corrected chi connectivity index (χ1v) is 5.64. The fourth-order valence-electron chi connectivity index (χ4n) is 2.20. The van der Waals surface area contributed by atoms with Crippen LogP contribution >= 0.6 is 0 Å². The van der Waals surface area contributed by atoms with Crippen LogP contribution in [-0.2, 0) is 10.2 Å². The molecule has 0 spiro atoms. The minimum atomic E-state index is -4.31. The predicted octanol–water partition coefficient (Wildman–Crippen LogP) is 1.64. The molecule has 0 aromatic heterocycles. The third kappa shape index (κ3) is 1.28. The van der Waals surface area contributed by atoms with E-state index in [0.29, 0.717) is 12.3 Å². The summed E-state index contributed by atoms with van der Waals surface area (Å²) in [5.74, 6) is 0.232. The lowest BCUT2D eigenvalue weighted by Crippen LogP contribution is -2.35. The molecule has 3 aliphatic rings. The summed E-state index contributed by atoms with van der Waals surface area (Å²) >= 11 is 0. The number of allylic oxidation sites excluding steroid dienone is 2. The largest absolute Gasteiger partial charge is 0.305 e. The number of halogens is 1. The zero-order valence-electron chi connectivity index (χ0n) is 6.61. The second-order valence-electron chi connectivity index (χ2n) is 3.64. The van der Waals surface area contributed by atoms with Crippen LogP contribution in [0.3, 0.4) is 0 Å². The van der Waals surface area contributed by atoms with Gasteiger partial charge in [0.1, 0.15) is 0 Å². The van der Waals surface area contributed by atoms with Gasteiger partial charge in [0.2, 0.25) is 0 Å². The van der Waals surface area contributed by atoms with Crippen LogP contribution in [0.1, 0.15) is 19.3 Å². The van der Waals surface area contributed by atoms with Crippen molar-refractivity contribution < 1.29 is 12.3 Å². The number of hydrogen-bond acceptors (Lipinski definition) is 2. The summed E-state index contributed by atoms with van der Waals surface area (Å²) < 4.78 is 34.0. The summed E-state index contributed by atoms with van der Waals surface area (Å²) in [6.45, 7) is 0. The number of rotatable bonds is 1. The molecule has 0 unspecified atom stereocenters. The Labute approximate surface area is 71.7 Å². The van der Waals surface area contributed by atoms with Gasteiger partial charge in [0.15, 0.2) is 0 Å². The minimum absolute atomic E-state index is 0.0648. The maximum absolute atomic E-state index is 12.7. The first kappa shape index (κ1) is 8.23. The van der Waals surface area contributed by atoms with Crippen molar-refractivity contribution in [2.75, 3.05) is 0 Å². The first-order valence-electron chi connectivity index (χ1n) is 4.19. The highest BCUT2D eigenvalue weighted by Gasteiger charge is 2.39. The Morgan fingerprint density at radius 3 is 2.25 bits per heavy atom. The molecule has 3 aliphatic carbocycles. The lowest BCUT2D eigenvalue weighted by Gasteiger charge is -2.35. The Balaban J connectivity index is 2.28. The van der Waals surface area contributed by atoms with Gasteiger partial charge in [0.05, 0.1) is 5.25 Å². The van der Waals surface area contributed by atoms with Crippen LogP contribution in [0.15, 0.2) is 12.2 Å². The molecule has 3 atom stereocenters. The van der Waals surface area contributed by atoms with Gasteiger partial charge in [-0.3, -0.25) is 0 Å². The molecule has 0 radical (unpaired) electrons. The summed E-state index contributed by atoms with van der Waals surface area (Å²) in [6.07, 6.45) is 6.22. The summed E-state index contributed by atoms with van der Waals surface area (Å²) in [5.41, 5.74) is 0. The summed E-state index contributed by atoms with van der Waals surface area (Å²) in [4.78, 5) is 0. The fourth-order valence-corrected chi connectivity index (χ4v) is 3.32. The topological polar surface area (TPSA) is 34.1 Å². The van der Waals surface area contributed by atoms with E-state index in [0.717, 1.165) is 12.8 Å². The normalized spacial score (nSPS) is 40.2. The Kier molecular flexibility index (Phi) is 1.75. The molecule has 3 rings (SSSR count). The van der Waals surface area contributed by atoms with Crippen molar-refractivity contribution in [1.82, 2.24) is 0 Å². The summed E-state index contributed by atoms with van der Waals surface area (Å²) in [5, 5.41) is -0.749. The van der Waals surface area contributed by atoms with Crippen molar-refractivity contribution in [2.24, 2.45) is 11.8 Å². The molecule has 0 amide bonds. The predicted molar refractivity (Wildman–Crippen MR) is 43.8 cm³/mol. The monoisotopic (exact) mass is 190 g/mol. The van der Waals surface area contributed by atoms with Crippen molar-refractivity contribution in [2.45, 2.75) is 24.5 Å². The van der Waals surface area contributed by atoms with Crippen LogP contribution in [0.4, 0.5) is 3.89 Å². The molecule has 0 aromatic rings. The fraction of sp³-hybridized carbons (Fsp3) is 0.750. The quantitative estimate of drug-likeness (QED) is 0.465. The molecule has 0 heterocycles. The standard InChI is InChI=1S/C8H11FO2S/c9-12(10,11)8-5-6-1-3-7(8)4-2-6/h1,3,6-8H,2,4-5H2/t6-,7-,8-/m0/s1. The van der Waals surface area contributed by atoms with Crippen molar-refractivity contribution in [3.05, 3.63) is 12.2 Å². The molecule has 12 heavy (non-hydrogen) atoms. The minimum Gasteiger partial charge on any atom is -0.195 e. The van der Waals surface area contributed by atoms with Crippen LogP contribution in [0.2, 0.25) is 0 Å². The highest BCUT2D eigenvalue weighted by molar-refractivity contribution is 7.87. The Morgan fingerprint density at radius 2 is 2.00 bits per heavy atom. The molecule has 0 aromatic carbocycles. The van der Waals surface area contributed by atoms with E-state index in [9.17, 15) is 12.3 Å². The summed E-state index contributed by atoms with van der Waals surface area (Å²) in [7, 11) is -4.31. The van der Waals surface area contributed by atoms with Crippen LogP contribution in [0.25, 0.3) is 0 Å². The second-order valence-corrected chi connectivity index (χ2v) is 5.19. The maximum Gasteiger partial charge on any atom is 0.305 e. The zero-order chi connectivity index (χ0) is 8.77. The molecule has 1 saturated carbocycles. The molecular weight excluding hydrogens is 179 g/mol. The first-order chi connectivity index (χ1) is 5.57. The molecule has 2 nitrogen and oxygen atoms in total. The van der Waals surface area contributed by atoms with Gasteiger partial charge in [-0.05, 0) is 31.1 Å². The molecule has 0 N–H and O–H groups in total. The average molecular weight is 190 g/mol. The van der Waals surface area contributed by atoms with Gasteiger partial charge in [-0.2, -0.15) is 8.42 Å². The van der Waals surface area contributed by atoms with Gasteiger partial charge >= 0.3 is 10.2 Å². The van der Waals surface area contributed by atoms with E-state index in [1.165, 1.54) is 0 Å². The molecule has 2 bridgehead atoms. The number of hydrogen-bond donors (Lipinski definition) is 0. The van der Waals surface area contributed by atoms with Gasteiger partial charge in [-0.25, -0.2) is 0 Å². The van der Waals surface area contributed by atoms with Crippen molar-refractivity contribution in [3.8, 4) is 0 Å². The van der Waals surface area contributed by atoms with Crippen molar-refractivity contribution in [3.63, 3.8) is 0 Å². The molecular formula is C8H11FO2S. The smallest absolute Gasteiger partial charge is 0.195 e. The van der Waals surface area contributed by atoms with E-state index in [4.69, 9.17) is 0 Å². The number of fused-ring (bicyclic) bond motifs is 2. The van der Waals surface area contributed by atoms with E-state index in [1.807, 2.05) is 12.2 Å². The maximum atomic E-state index is 12.7. The van der Waals surface area contributed by atoms with E-state index < -0.39 is 15.5 Å². The van der Waals surface area contributed by atoms with Gasteiger partial charge < -0.3 is 0 Å². The second kappa shape index (κ2) is 2.55. The Morgan fingerprint density at radius 1 is 1.25 bits per heavy atom. The Bertz CT molecular complexity index is 307. The van der Waals surface area contributed by atoms with Crippen LogP contribution in [-0.4, -0.2) is 13.7 Å². The molecule has 0 saturated heterocycles. The van der Waals surface area contributed by atoms with E-state index >= 15 is 0 Å². The highest BCUT2D eigenvalue weighted by Crippen LogP contribution is 2.39. The van der Waals surface area contributed by atoms with Crippen molar-refractivity contribution in [1.29, 1.82) is 0 Å². The van der Waals surface area contributed by atoms with E-state index in [-0.39, 0.29) is 5.92 Å². The van der Waals surface area contributed by atoms with E-state index in [2.05, 4.69) is 0 Å². The summed E-state index contributed by atoms with van der Waals surface area (Å²) in [6, 6.07) is 0. The lowest BCUT2D eigenvalue weighted by molar-refractivity contribution is 0.322. The highest BCUT2D eigenvalue weighted by atomic mass is 32.3. The zero-order valence-corrected chi connectivity index (χ0v) is 7.43. The molecule has 1 fully saturated rings. The van der Waals surface area contributed by atoms with E-state index in [1.54, 1.807) is 0 Å². The van der Waals surface area contributed by atoms with Crippen LogP contribution in [0, 0.1) is 11.8 Å².